The quantitative estimate of drug-likeness (QED) is 0.862. The number of thioether (sulfide) groups is 1. The molecule has 1 N–H and O–H groups in total. The Morgan fingerprint density at radius 3 is 3.05 bits per heavy atom. The summed E-state index contributed by atoms with van der Waals surface area (Å²) in [6.07, 6.45) is 3.35. The summed E-state index contributed by atoms with van der Waals surface area (Å²) in [5.41, 5.74) is -0.115. The number of amides is 1. The van der Waals surface area contributed by atoms with Crippen LogP contribution in [0.25, 0.3) is 0 Å². The van der Waals surface area contributed by atoms with E-state index in [0.717, 1.165) is 0 Å². The molecule has 102 valence electrons. The minimum atomic E-state index is -0.155. The van der Waals surface area contributed by atoms with Crippen LogP contribution in [0.3, 0.4) is 0 Å². The van der Waals surface area contributed by atoms with Crippen LogP contribution < -0.4 is 10.9 Å². The molecule has 3 heterocycles. The van der Waals surface area contributed by atoms with Gasteiger partial charge in [-0.05, 0) is 12.1 Å². The first kappa shape index (κ1) is 12.9. The van der Waals surface area contributed by atoms with E-state index >= 15 is 0 Å². The highest BCUT2D eigenvalue weighted by molar-refractivity contribution is 7.99. The standard InChI is InChI=1S/C13H12N4O2S/c18-11(16-10-3-1-2-5-14-10)7-9-8-20-13-15-6-4-12(19)17(9)13/h1-6,9H,7-8H2,(H,14,16,18)/t9-/m0/s1. The van der Waals surface area contributed by atoms with Gasteiger partial charge in [-0.15, -0.1) is 0 Å². The summed E-state index contributed by atoms with van der Waals surface area (Å²) in [5.74, 6) is 1.04. The SMILES string of the molecule is O=C(C[C@H]1CSc2nccc(=O)n21)Nc1ccccn1. The highest BCUT2D eigenvalue weighted by Crippen LogP contribution is 2.31. The molecular formula is C13H12N4O2S. The smallest absolute Gasteiger partial charge is 0.254 e. The summed E-state index contributed by atoms with van der Waals surface area (Å²) in [5, 5.41) is 3.40. The van der Waals surface area contributed by atoms with E-state index in [1.807, 2.05) is 0 Å². The summed E-state index contributed by atoms with van der Waals surface area (Å²) >= 11 is 1.49. The molecule has 1 aliphatic heterocycles. The third-order valence-corrected chi connectivity index (χ3v) is 4.08. The van der Waals surface area contributed by atoms with Gasteiger partial charge < -0.3 is 5.32 Å². The second-order valence-corrected chi connectivity index (χ2v) is 5.35. The molecule has 0 aromatic carbocycles. The van der Waals surface area contributed by atoms with Crippen LogP contribution in [-0.4, -0.2) is 26.2 Å². The molecule has 6 nitrogen and oxygen atoms in total. The van der Waals surface area contributed by atoms with Crippen LogP contribution >= 0.6 is 11.8 Å². The molecule has 0 aliphatic carbocycles. The minimum Gasteiger partial charge on any atom is -0.311 e. The Balaban J connectivity index is 1.72. The first-order valence-corrected chi connectivity index (χ1v) is 7.14. The third kappa shape index (κ3) is 2.57. The van der Waals surface area contributed by atoms with Gasteiger partial charge in [-0.1, -0.05) is 17.8 Å². The number of carbonyl (C=O) groups is 1. The van der Waals surface area contributed by atoms with E-state index in [-0.39, 0.29) is 23.9 Å². The van der Waals surface area contributed by atoms with Crippen molar-refractivity contribution in [2.45, 2.75) is 17.6 Å². The monoisotopic (exact) mass is 288 g/mol. The molecule has 0 spiro atoms. The molecule has 1 aliphatic rings. The maximum atomic E-state index is 12.0. The van der Waals surface area contributed by atoms with Gasteiger partial charge >= 0.3 is 0 Å². The van der Waals surface area contributed by atoms with Crippen LogP contribution in [0.2, 0.25) is 0 Å². The van der Waals surface area contributed by atoms with Gasteiger partial charge in [0, 0.05) is 30.6 Å². The molecule has 7 heteroatoms. The Bertz CT molecular complexity index is 686. The highest BCUT2D eigenvalue weighted by atomic mass is 32.2. The Kier molecular flexibility index (Phi) is 3.51. The van der Waals surface area contributed by atoms with Crippen molar-refractivity contribution in [2.24, 2.45) is 0 Å². The second-order valence-electron chi connectivity index (χ2n) is 4.37. The molecule has 0 unspecified atom stereocenters. The number of hydrogen-bond acceptors (Lipinski definition) is 5. The first-order chi connectivity index (χ1) is 9.74. The van der Waals surface area contributed by atoms with Gasteiger partial charge in [0.25, 0.3) is 5.56 Å². The van der Waals surface area contributed by atoms with Gasteiger partial charge in [-0.3, -0.25) is 14.2 Å². The number of hydrogen-bond donors (Lipinski definition) is 1. The average molecular weight is 288 g/mol. The number of nitrogens with zero attached hydrogens (tertiary/aromatic N) is 3. The number of nitrogens with one attached hydrogen (secondary N) is 1. The van der Waals surface area contributed by atoms with Crippen molar-refractivity contribution in [3.05, 3.63) is 47.0 Å². The van der Waals surface area contributed by atoms with Gasteiger partial charge in [0.1, 0.15) is 5.82 Å². The molecule has 0 fully saturated rings. The lowest BCUT2D eigenvalue weighted by molar-refractivity contribution is -0.116. The van der Waals surface area contributed by atoms with Crippen molar-refractivity contribution in [3.63, 3.8) is 0 Å². The molecular weight excluding hydrogens is 276 g/mol. The maximum Gasteiger partial charge on any atom is 0.254 e. The highest BCUT2D eigenvalue weighted by Gasteiger charge is 2.26. The summed E-state index contributed by atoms with van der Waals surface area (Å²) in [7, 11) is 0. The lowest BCUT2D eigenvalue weighted by Crippen LogP contribution is -2.27. The second kappa shape index (κ2) is 5.46. The molecule has 0 bridgehead atoms. The molecule has 0 radical (unpaired) electrons. The zero-order valence-corrected chi connectivity index (χ0v) is 11.3. The molecule has 2 aromatic rings. The van der Waals surface area contributed by atoms with Crippen molar-refractivity contribution in [1.82, 2.24) is 14.5 Å². The number of pyridine rings is 1. The number of aromatic nitrogens is 3. The van der Waals surface area contributed by atoms with Crippen molar-refractivity contribution in [1.29, 1.82) is 0 Å². The molecule has 20 heavy (non-hydrogen) atoms. The third-order valence-electron chi connectivity index (χ3n) is 2.97. The number of fused-ring (bicyclic) bond motifs is 1. The van der Waals surface area contributed by atoms with Gasteiger partial charge in [-0.2, -0.15) is 0 Å². The molecule has 2 aromatic heterocycles. The molecule has 1 amide bonds. The predicted octanol–water partition coefficient (Wildman–Crippen LogP) is 1.31. The van der Waals surface area contributed by atoms with Crippen LogP contribution in [0, 0.1) is 0 Å². The van der Waals surface area contributed by atoms with E-state index in [4.69, 9.17) is 0 Å². The molecule has 0 saturated carbocycles. The van der Waals surface area contributed by atoms with E-state index in [1.54, 1.807) is 29.0 Å². The fourth-order valence-corrected chi connectivity index (χ4v) is 3.21. The van der Waals surface area contributed by atoms with Crippen LogP contribution in [0.5, 0.6) is 0 Å². The van der Waals surface area contributed by atoms with Crippen LogP contribution in [0.4, 0.5) is 5.82 Å². The van der Waals surface area contributed by atoms with Gasteiger partial charge in [0.2, 0.25) is 5.91 Å². The Morgan fingerprint density at radius 2 is 2.25 bits per heavy atom. The Morgan fingerprint density at radius 1 is 1.35 bits per heavy atom. The summed E-state index contributed by atoms with van der Waals surface area (Å²) in [6, 6.07) is 6.57. The number of anilines is 1. The first-order valence-electron chi connectivity index (χ1n) is 6.15. The molecule has 3 rings (SSSR count). The van der Waals surface area contributed by atoms with Gasteiger partial charge in [0.05, 0.1) is 6.04 Å². The van der Waals surface area contributed by atoms with Crippen LogP contribution in [-0.2, 0) is 4.79 Å². The normalized spacial score (nSPS) is 16.7. The van der Waals surface area contributed by atoms with Crippen molar-refractivity contribution < 1.29 is 4.79 Å². The number of rotatable bonds is 3. The van der Waals surface area contributed by atoms with Crippen molar-refractivity contribution in [2.75, 3.05) is 11.1 Å². The summed E-state index contributed by atoms with van der Waals surface area (Å²) in [6.45, 7) is 0. The lowest BCUT2D eigenvalue weighted by atomic mass is 10.2. The zero-order chi connectivity index (χ0) is 13.9. The van der Waals surface area contributed by atoms with E-state index in [9.17, 15) is 9.59 Å². The number of carbonyl (C=O) groups excluding carboxylic acids is 1. The summed E-state index contributed by atoms with van der Waals surface area (Å²) in [4.78, 5) is 32.0. The largest absolute Gasteiger partial charge is 0.311 e. The fraction of sp³-hybridized carbons (Fsp3) is 0.231. The van der Waals surface area contributed by atoms with Gasteiger partial charge in [-0.25, -0.2) is 9.97 Å². The zero-order valence-electron chi connectivity index (χ0n) is 10.5. The van der Waals surface area contributed by atoms with Crippen LogP contribution in [0.15, 0.2) is 46.6 Å². The average Bonchev–Trinajstić information content (AvgIpc) is 2.84. The van der Waals surface area contributed by atoms with E-state index < -0.39 is 0 Å². The van der Waals surface area contributed by atoms with Crippen LogP contribution in [0.1, 0.15) is 12.5 Å². The maximum absolute atomic E-state index is 12.0. The Labute approximate surface area is 119 Å². The predicted molar refractivity (Wildman–Crippen MR) is 75.7 cm³/mol. The van der Waals surface area contributed by atoms with Crippen molar-refractivity contribution in [3.8, 4) is 0 Å². The topological polar surface area (TPSA) is 76.9 Å². The Hall–Kier alpha value is -2.15. The van der Waals surface area contributed by atoms with Crippen molar-refractivity contribution >= 4 is 23.5 Å². The minimum absolute atomic E-state index is 0.115. The fourth-order valence-electron chi connectivity index (χ4n) is 2.08. The van der Waals surface area contributed by atoms with E-state index in [2.05, 4.69) is 15.3 Å². The summed E-state index contributed by atoms with van der Waals surface area (Å²) < 4.78 is 1.59. The molecule has 0 saturated heterocycles. The van der Waals surface area contributed by atoms with E-state index in [0.29, 0.717) is 16.7 Å². The lowest BCUT2D eigenvalue weighted by Gasteiger charge is -2.12. The van der Waals surface area contributed by atoms with E-state index in [1.165, 1.54) is 24.0 Å². The van der Waals surface area contributed by atoms with Gasteiger partial charge in [0.15, 0.2) is 5.16 Å². The molecule has 1 atom stereocenters.